The highest BCUT2D eigenvalue weighted by Crippen LogP contribution is 2.04. The predicted octanol–water partition coefficient (Wildman–Crippen LogP) is 0.199. The van der Waals surface area contributed by atoms with Crippen LogP contribution in [0.15, 0.2) is 0 Å². The van der Waals surface area contributed by atoms with Crippen molar-refractivity contribution in [2.24, 2.45) is 5.92 Å². The molecule has 0 radical (unpaired) electrons. The van der Waals surface area contributed by atoms with Crippen molar-refractivity contribution in [1.29, 1.82) is 0 Å². The maximum atomic E-state index is 11.8. The topological polar surface area (TPSA) is 52.7 Å². The second-order valence-electron chi connectivity index (χ2n) is 5.33. The number of hydrogen-bond donors (Lipinski definition) is 1. The molecule has 0 bridgehead atoms. The van der Waals surface area contributed by atoms with E-state index in [0.29, 0.717) is 6.54 Å². The Morgan fingerprint density at radius 1 is 1.22 bits per heavy atom. The summed E-state index contributed by atoms with van der Waals surface area (Å²) in [5, 5.41) is 0. The minimum atomic E-state index is -3.09. The molecular weight excluding hydrogens is 250 g/mol. The van der Waals surface area contributed by atoms with E-state index in [0.717, 1.165) is 39.1 Å². The fraction of sp³-hybridized carbons (Fsp3) is 1.00. The van der Waals surface area contributed by atoms with Crippen LogP contribution in [-0.4, -0.2) is 70.3 Å². The van der Waals surface area contributed by atoms with Crippen LogP contribution in [-0.2, 0) is 10.0 Å². The molecule has 0 aromatic rings. The van der Waals surface area contributed by atoms with Gasteiger partial charge in [0, 0.05) is 39.3 Å². The maximum Gasteiger partial charge on any atom is 0.211 e. The largest absolute Gasteiger partial charge is 0.304 e. The molecular formula is C12H27N3O2S. The zero-order chi connectivity index (χ0) is 13.6. The molecule has 0 aliphatic carbocycles. The summed E-state index contributed by atoms with van der Waals surface area (Å²) < 4.78 is 26.2. The van der Waals surface area contributed by atoms with Crippen LogP contribution < -0.4 is 4.72 Å². The number of nitrogens with zero attached hydrogens (tertiary/aromatic N) is 2. The number of piperazine rings is 1. The number of nitrogens with one attached hydrogen (secondary N) is 1. The summed E-state index contributed by atoms with van der Waals surface area (Å²) in [7, 11) is -0.974. The molecule has 6 heteroatoms. The van der Waals surface area contributed by atoms with Crippen LogP contribution in [0.2, 0.25) is 0 Å². The Kier molecular flexibility index (Phi) is 6.55. The van der Waals surface area contributed by atoms with E-state index in [1.807, 2.05) is 13.8 Å². The Morgan fingerprint density at radius 3 is 2.39 bits per heavy atom. The summed E-state index contributed by atoms with van der Waals surface area (Å²) in [6.07, 6.45) is 0.902. The highest BCUT2D eigenvalue weighted by Gasteiger charge is 2.16. The molecule has 0 spiro atoms. The van der Waals surface area contributed by atoms with Gasteiger partial charge in [-0.1, -0.05) is 20.3 Å². The molecule has 1 saturated heterocycles. The molecule has 1 N–H and O–H groups in total. The van der Waals surface area contributed by atoms with Crippen molar-refractivity contribution in [2.75, 3.05) is 52.1 Å². The van der Waals surface area contributed by atoms with Crippen molar-refractivity contribution in [3.05, 3.63) is 0 Å². The molecule has 0 saturated carbocycles. The van der Waals surface area contributed by atoms with E-state index in [-0.39, 0.29) is 11.7 Å². The molecule has 0 unspecified atom stereocenters. The Labute approximate surface area is 112 Å². The third-order valence-electron chi connectivity index (χ3n) is 3.55. The minimum Gasteiger partial charge on any atom is -0.304 e. The average molecular weight is 277 g/mol. The van der Waals surface area contributed by atoms with Crippen molar-refractivity contribution < 1.29 is 8.42 Å². The molecule has 1 aliphatic rings. The molecule has 1 rings (SSSR count). The summed E-state index contributed by atoms with van der Waals surface area (Å²) in [5.74, 6) is 0.470. The lowest BCUT2D eigenvalue weighted by molar-refractivity contribution is 0.156. The van der Waals surface area contributed by atoms with Gasteiger partial charge in [-0.15, -0.1) is 0 Å². The lowest BCUT2D eigenvalue weighted by atomic mass is 10.2. The van der Waals surface area contributed by atoms with Crippen molar-refractivity contribution in [2.45, 2.75) is 20.3 Å². The van der Waals surface area contributed by atoms with E-state index in [4.69, 9.17) is 0 Å². The monoisotopic (exact) mass is 277 g/mol. The first-order valence-corrected chi connectivity index (χ1v) is 8.46. The SMILES string of the molecule is CC[C@H](C)CS(=O)(=O)NCCN1CCN(C)CC1. The fourth-order valence-corrected chi connectivity index (χ4v) is 3.49. The second kappa shape index (κ2) is 7.43. The minimum absolute atomic E-state index is 0.228. The van der Waals surface area contributed by atoms with E-state index in [1.165, 1.54) is 0 Å². The quantitative estimate of drug-likeness (QED) is 0.722. The van der Waals surface area contributed by atoms with E-state index in [1.54, 1.807) is 0 Å². The Bertz CT molecular complexity index is 324. The van der Waals surface area contributed by atoms with Crippen molar-refractivity contribution in [3.63, 3.8) is 0 Å². The van der Waals surface area contributed by atoms with Gasteiger partial charge in [-0.2, -0.15) is 0 Å². The number of likely N-dealkylation sites (N-methyl/N-ethyl adjacent to an activating group) is 1. The molecule has 1 aliphatic heterocycles. The van der Waals surface area contributed by atoms with Gasteiger partial charge in [0.2, 0.25) is 10.0 Å². The van der Waals surface area contributed by atoms with E-state index < -0.39 is 10.0 Å². The summed E-state index contributed by atoms with van der Waals surface area (Å²) in [4.78, 5) is 4.61. The predicted molar refractivity (Wildman–Crippen MR) is 75.2 cm³/mol. The molecule has 0 amide bonds. The van der Waals surface area contributed by atoms with Gasteiger partial charge in [0.05, 0.1) is 5.75 Å². The van der Waals surface area contributed by atoms with Crippen LogP contribution in [0.5, 0.6) is 0 Å². The van der Waals surface area contributed by atoms with Gasteiger partial charge in [-0.25, -0.2) is 13.1 Å². The number of rotatable bonds is 7. The first-order chi connectivity index (χ1) is 8.43. The first kappa shape index (κ1) is 15.9. The van der Waals surface area contributed by atoms with Crippen LogP contribution in [0.4, 0.5) is 0 Å². The normalized spacial score (nSPS) is 21.1. The van der Waals surface area contributed by atoms with Gasteiger partial charge >= 0.3 is 0 Å². The highest BCUT2D eigenvalue weighted by atomic mass is 32.2. The summed E-state index contributed by atoms with van der Waals surface area (Å²) in [5.41, 5.74) is 0. The Hall–Kier alpha value is -0.170. The maximum absolute atomic E-state index is 11.8. The van der Waals surface area contributed by atoms with Crippen LogP contribution in [0.1, 0.15) is 20.3 Å². The van der Waals surface area contributed by atoms with Crippen LogP contribution in [0.3, 0.4) is 0 Å². The van der Waals surface area contributed by atoms with Crippen molar-refractivity contribution in [3.8, 4) is 0 Å². The molecule has 18 heavy (non-hydrogen) atoms. The number of hydrogen-bond acceptors (Lipinski definition) is 4. The van der Waals surface area contributed by atoms with E-state index >= 15 is 0 Å². The van der Waals surface area contributed by atoms with Crippen molar-refractivity contribution >= 4 is 10.0 Å². The fourth-order valence-electron chi connectivity index (χ4n) is 1.98. The standard InChI is InChI=1S/C12H27N3O2S/c1-4-12(2)11-18(16,17)13-5-6-15-9-7-14(3)8-10-15/h12-13H,4-11H2,1-3H3/t12-/m0/s1. The zero-order valence-electron chi connectivity index (χ0n) is 11.9. The van der Waals surface area contributed by atoms with Crippen LogP contribution in [0, 0.1) is 5.92 Å². The Balaban J connectivity index is 2.20. The van der Waals surface area contributed by atoms with E-state index in [9.17, 15) is 8.42 Å². The summed E-state index contributed by atoms with van der Waals surface area (Å²) in [6.45, 7) is 9.53. The lowest BCUT2D eigenvalue weighted by Crippen LogP contribution is -2.47. The molecule has 0 aromatic carbocycles. The third kappa shape index (κ3) is 6.13. The van der Waals surface area contributed by atoms with Crippen LogP contribution >= 0.6 is 0 Å². The number of sulfonamides is 1. The smallest absolute Gasteiger partial charge is 0.211 e. The molecule has 0 aromatic heterocycles. The van der Waals surface area contributed by atoms with Gasteiger partial charge < -0.3 is 4.90 Å². The molecule has 1 fully saturated rings. The first-order valence-electron chi connectivity index (χ1n) is 6.81. The van der Waals surface area contributed by atoms with Crippen LogP contribution in [0.25, 0.3) is 0 Å². The molecule has 5 nitrogen and oxygen atoms in total. The molecule has 108 valence electrons. The average Bonchev–Trinajstić information content (AvgIpc) is 2.31. The van der Waals surface area contributed by atoms with Gasteiger partial charge in [0.25, 0.3) is 0 Å². The zero-order valence-corrected chi connectivity index (χ0v) is 12.7. The van der Waals surface area contributed by atoms with Gasteiger partial charge in [0.15, 0.2) is 0 Å². The summed E-state index contributed by atoms with van der Waals surface area (Å²) in [6, 6.07) is 0. The van der Waals surface area contributed by atoms with Gasteiger partial charge in [0.1, 0.15) is 0 Å². The van der Waals surface area contributed by atoms with E-state index in [2.05, 4.69) is 21.6 Å². The van der Waals surface area contributed by atoms with Gasteiger partial charge in [-0.3, -0.25) is 4.90 Å². The van der Waals surface area contributed by atoms with Crippen molar-refractivity contribution in [1.82, 2.24) is 14.5 Å². The van der Waals surface area contributed by atoms with Gasteiger partial charge in [-0.05, 0) is 13.0 Å². The Morgan fingerprint density at radius 2 is 1.83 bits per heavy atom. The third-order valence-corrected chi connectivity index (χ3v) is 5.20. The summed E-state index contributed by atoms with van der Waals surface area (Å²) >= 11 is 0. The molecule has 1 atom stereocenters. The molecule has 1 heterocycles. The highest BCUT2D eigenvalue weighted by molar-refractivity contribution is 7.89. The second-order valence-corrected chi connectivity index (χ2v) is 7.19. The lowest BCUT2D eigenvalue weighted by Gasteiger charge is -2.32.